The van der Waals surface area contributed by atoms with Crippen LogP contribution < -0.4 is 10.6 Å². The number of carbonyl (C=O) groups is 3. The topological polar surface area (TPSA) is 152 Å². The van der Waals surface area contributed by atoms with E-state index in [9.17, 15) is 22.8 Å². The summed E-state index contributed by atoms with van der Waals surface area (Å²) < 4.78 is 30.6. The van der Waals surface area contributed by atoms with Gasteiger partial charge in [0, 0.05) is 18.1 Å². The van der Waals surface area contributed by atoms with Gasteiger partial charge in [-0.1, -0.05) is 18.2 Å². The lowest BCUT2D eigenvalue weighted by atomic mass is 10.0. The smallest absolute Gasteiger partial charge is 0.407 e. The molecule has 1 aromatic heterocycles. The van der Waals surface area contributed by atoms with Crippen molar-refractivity contribution in [3.63, 3.8) is 0 Å². The summed E-state index contributed by atoms with van der Waals surface area (Å²) >= 11 is 0. The van der Waals surface area contributed by atoms with Crippen LogP contribution in [0, 0.1) is 0 Å². The molecule has 3 N–H and O–H groups in total. The molecule has 1 heterocycles. The molecule has 3 aromatic rings. The first kappa shape index (κ1) is 27.6. The van der Waals surface area contributed by atoms with Gasteiger partial charge in [-0.2, -0.15) is 0 Å². The summed E-state index contributed by atoms with van der Waals surface area (Å²) in [6.07, 6.45) is 1.11. The minimum Gasteiger partial charge on any atom is -0.480 e. The van der Waals surface area contributed by atoms with Gasteiger partial charge in [0.05, 0.1) is 21.7 Å². The van der Waals surface area contributed by atoms with Gasteiger partial charge < -0.3 is 20.5 Å². The number of rotatable bonds is 9. The number of benzene rings is 2. The SMILES string of the molecule is CC(C)(C)OC(=O)NCCCS(=O)(=O)c1ccc(-c2ccc3nccc(C(=O)NCC(=O)O)c3c2)cc1. The van der Waals surface area contributed by atoms with E-state index in [0.29, 0.717) is 10.9 Å². The second-order valence-corrected chi connectivity index (χ2v) is 11.4. The molecule has 0 atom stereocenters. The third kappa shape index (κ3) is 7.74. The molecule has 37 heavy (non-hydrogen) atoms. The number of hydrogen-bond acceptors (Lipinski definition) is 7. The molecule has 0 aliphatic heterocycles. The highest BCUT2D eigenvalue weighted by molar-refractivity contribution is 7.91. The van der Waals surface area contributed by atoms with Crippen molar-refractivity contribution in [3.05, 3.63) is 60.3 Å². The van der Waals surface area contributed by atoms with Gasteiger partial charge in [0.2, 0.25) is 0 Å². The van der Waals surface area contributed by atoms with E-state index >= 15 is 0 Å². The minimum atomic E-state index is -3.56. The lowest BCUT2D eigenvalue weighted by Gasteiger charge is -2.19. The Hall–Kier alpha value is -3.99. The van der Waals surface area contributed by atoms with Crippen molar-refractivity contribution in [2.45, 2.75) is 37.7 Å². The lowest BCUT2D eigenvalue weighted by Crippen LogP contribution is -2.33. The Morgan fingerprint density at radius 1 is 0.973 bits per heavy atom. The van der Waals surface area contributed by atoms with Gasteiger partial charge in [-0.3, -0.25) is 14.6 Å². The molecule has 0 saturated carbocycles. The molecular formula is C26H29N3O7S. The molecule has 0 radical (unpaired) electrons. The Balaban J connectivity index is 1.71. The summed E-state index contributed by atoms with van der Waals surface area (Å²) in [7, 11) is -3.56. The Bertz CT molecular complexity index is 1410. The van der Waals surface area contributed by atoms with Crippen molar-refractivity contribution in [3.8, 4) is 11.1 Å². The minimum absolute atomic E-state index is 0.140. The van der Waals surface area contributed by atoms with Crippen molar-refractivity contribution < 1.29 is 32.6 Å². The number of aromatic nitrogens is 1. The molecular weight excluding hydrogens is 498 g/mol. The largest absolute Gasteiger partial charge is 0.480 e. The zero-order chi connectivity index (χ0) is 27.2. The van der Waals surface area contributed by atoms with Crippen molar-refractivity contribution in [2.75, 3.05) is 18.8 Å². The van der Waals surface area contributed by atoms with Crippen LogP contribution in [-0.4, -0.2) is 60.9 Å². The lowest BCUT2D eigenvalue weighted by molar-refractivity contribution is -0.135. The zero-order valence-electron chi connectivity index (χ0n) is 20.8. The van der Waals surface area contributed by atoms with Crippen LogP contribution in [0.25, 0.3) is 22.0 Å². The van der Waals surface area contributed by atoms with Crippen LogP contribution in [0.15, 0.2) is 59.6 Å². The average molecular weight is 528 g/mol. The van der Waals surface area contributed by atoms with E-state index in [1.165, 1.54) is 24.4 Å². The fourth-order valence-electron chi connectivity index (χ4n) is 3.51. The second-order valence-electron chi connectivity index (χ2n) is 9.29. The van der Waals surface area contributed by atoms with Gasteiger partial charge in [-0.15, -0.1) is 0 Å². The average Bonchev–Trinajstić information content (AvgIpc) is 2.83. The van der Waals surface area contributed by atoms with E-state index in [-0.39, 0.29) is 29.2 Å². The Morgan fingerprint density at radius 3 is 2.30 bits per heavy atom. The standard InChI is InChI=1S/C26H29N3O7S/c1-26(2,3)36-25(33)28-12-4-14-37(34,35)19-8-5-17(6-9-19)18-7-10-22-21(15-18)20(11-13-27-22)24(32)29-16-23(30)31/h5-11,13,15H,4,12,14,16H2,1-3H3,(H,28,33)(H,29,32)(H,30,31). The summed E-state index contributed by atoms with van der Waals surface area (Å²) in [6, 6.07) is 13.2. The van der Waals surface area contributed by atoms with Crippen LogP contribution in [0.5, 0.6) is 0 Å². The molecule has 10 nitrogen and oxygen atoms in total. The first-order valence-corrected chi connectivity index (χ1v) is 13.2. The number of alkyl carbamates (subject to hydrolysis) is 1. The fraction of sp³-hybridized carbons (Fsp3) is 0.308. The molecule has 3 rings (SSSR count). The number of carbonyl (C=O) groups excluding carboxylic acids is 2. The number of sulfone groups is 1. The number of amides is 2. The highest BCUT2D eigenvalue weighted by Gasteiger charge is 2.18. The van der Waals surface area contributed by atoms with E-state index in [1.54, 1.807) is 51.1 Å². The van der Waals surface area contributed by atoms with E-state index < -0.39 is 40.0 Å². The third-order valence-electron chi connectivity index (χ3n) is 5.19. The van der Waals surface area contributed by atoms with Crippen LogP contribution in [-0.2, 0) is 19.4 Å². The number of carboxylic acid groups (broad SMARTS) is 1. The predicted molar refractivity (Wildman–Crippen MR) is 138 cm³/mol. The molecule has 0 fully saturated rings. The van der Waals surface area contributed by atoms with Gasteiger partial charge in [0.15, 0.2) is 9.84 Å². The Morgan fingerprint density at radius 2 is 1.65 bits per heavy atom. The van der Waals surface area contributed by atoms with Gasteiger partial charge in [-0.25, -0.2) is 13.2 Å². The second kappa shape index (κ2) is 11.4. The van der Waals surface area contributed by atoms with Gasteiger partial charge >= 0.3 is 12.1 Å². The molecule has 196 valence electrons. The maximum atomic E-state index is 12.7. The zero-order valence-corrected chi connectivity index (χ0v) is 21.6. The molecule has 0 aliphatic rings. The van der Waals surface area contributed by atoms with E-state index in [1.807, 2.05) is 0 Å². The maximum absolute atomic E-state index is 12.7. The normalized spacial score (nSPS) is 11.6. The fourth-order valence-corrected chi connectivity index (χ4v) is 4.83. The number of pyridine rings is 1. The van der Waals surface area contributed by atoms with Gasteiger partial charge in [0.25, 0.3) is 5.91 Å². The molecule has 0 spiro atoms. The van der Waals surface area contributed by atoms with Crippen molar-refractivity contribution in [1.82, 2.24) is 15.6 Å². The monoisotopic (exact) mass is 527 g/mol. The number of nitrogens with zero attached hydrogens (tertiary/aromatic N) is 1. The number of nitrogens with one attached hydrogen (secondary N) is 2. The quantitative estimate of drug-likeness (QED) is 0.358. The highest BCUT2D eigenvalue weighted by atomic mass is 32.2. The first-order chi connectivity index (χ1) is 17.4. The van der Waals surface area contributed by atoms with Crippen LogP contribution >= 0.6 is 0 Å². The predicted octanol–water partition coefficient (Wildman–Crippen LogP) is 3.40. The number of ether oxygens (including phenoxy) is 1. The molecule has 0 unspecified atom stereocenters. The Kier molecular flexibility index (Phi) is 8.49. The van der Waals surface area contributed by atoms with Gasteiger partial charge in [0.1, 0.15) is 12.1 Å². The van der Waals surface area contributed by atoms with E-state index in [4.69, 9.17) is 9.84 Å². The molecule has 0 saturated heterocycles. The highest BCUT2D eigenvalue weighted by Crippen LogP contribution is 2.27. The first-order valence-electron chi connectivity index (χ1n) is 11.5. The van der Waals surface area contributed by atoms with Crippen LogP contribution in [0.1, 0.15) is 37.6 Å². The summed E-state index contributed by atoms with van der Waals surface area (Å²) in [5.74, 6) is -1.82. The Labute approximate surface area is 215 Å². The summed E-state index contributed by atoms with van der Waals surface area (Å²) in [4.78, 5) is 39.4. The molecule has 2 amide bonds. The summed E-state index contributed by atoms with van der Waals surface area (Å²) in [5, 5.41) is 14.3. The van der Waals surface area contributed by atoms with Crippen molar-refractivity contribution in [1.29, 1.82) is 0 Å². The number of hydrogen-bond donors (Lipinski definition) is 3. The van der Waals surface area contributed by atoms with Gasteiger partial charge in [-0.05, 0) is 68.7 Å². The molecule has 0 aliphatic carbocycles. The molecule has 11 heteroatoms. The third-order valence-corrected chi connectivity index (χ3v) is 7.01. The van der Waals surface area contributed by atoms with Crippen LogP contribution in [0.4, 0.5) is 4.79 Å². The van der Waals surface area contributed by atoms with Crippen LogP contribution in [0.2, 0.25) is 0 Å². The van der Waals surface area contributed by atoms with Crippen molar-refractivity contribution in [2.24, 2.45) is 0 Å². The van der Waals surface area contributed by atoms with E-state index in [0.717, 1.165) is 11.1 Å². The maximum Gasteiger partial charge on any atom is 0.407 e. The summed E-state index contributed by atoms with van der Waals surface area (Å²) in [5.41, 5.74) is 1.68. The van der Waals surface area contributed by atoms with Crippen molar-refractivity contribution >= 4 is 38.7 Å². The number of fused-ring (bicyclic) bond motifs is 1. The van der Waals surface area contributed by atoms with E-state index in [2.05, 4.69) is 15.6 Å². The van der Waals surface area contributed by atoms with Crippen LogP contribution in [0.3, 0.4) is 0 Å². The number of carboxylic acids is 1. The molecule has 2 aromatic carbocycles. The number of aliphatic carboxylic acids is 1. The summed E-state index contributed by atoms with van der Waals surface area (Å²) in [6.45, 7) is 4.89. The molecule has 0 bridgehead atoms.